The van der Waals surface area contributed by atoms with Crippen molar-refractivity contribution in [3.63, 3.8) is 0 Å². The van der Waals surface area contributed by atoms with Crippen LogP contribution in [-0.4, -0.2) is 54.6 Å². The van der Waals surface area contributed by atoms with Crippen molar-refractivity contribution in [2.45, 2.75) is 18.9 Å². The summed E-state index contributed by atoms with van der Waals surface area (Å²) in [5, 5.41) is 11.2. The van der Waals surface area contributed by atoms with E-state index in [9.17, 15) is 14.9 Å². The maximum absolute atomic E-state index is 12.7. The molecule has 1 amide bonds. The van der Waals surface area contributed by atoms with E-state index in [-0.39, 0.29) is 22.6 Å². The Labute approximate surface area is 128 Å². The lowest BCUT2D eigenvalue weighted by molar-refractivity contribution is -0.384. The van der Waals surface area contributed by atoms with Crippen LogP contribution in [-0.2, 0) is 9.53 Å². The average Bonchev–Trinajstić information content (AvgIpc) is 3.04. The van der Waals surface area contributed by atoms with Crippen LogP contribution in [0.25, 0.3) is 0 Å². The fourth-order valence-electron chi connectivity index (χ4n) is 3.17. The first-order valence-electron chi connectivity index (χ1n) is 7.55. The largest absolute Gasteiger partial charge is 0.378 e. The van der Waals surface area contributed by atoms with Crippen LogP contribution in [0, 0.1) is 10.1 Å². The molecule has 0 radical (unpaired) electrons. The van der Waals surface area contributed by atoms with E-state index in [1.165, 1.54) is 6.07 Å². The van der Waals surface area contributed by atoms with Crippen LogP contribution in [0.3, 0.4) is 0 Å². The van der Waals surface area contributed by atoms with Crippen molar-refractivity contribution < 1.29 is 14.5 Å². The summed E-state index contributed by atoms with van der Waals surface area (Å²) in [6.07, 6.45) is 1.61. The third-order valence-electron chi connectivity index (χ3n) is 4.25. The van der Waals surface area contributed by atoms with Gasteiger partial charge in [-0.1, -0.05) is 12.1 Å². The van der Waals surface area contributed by atoms with Crippen LogP contribution in [0.4, 0.5) is 11.4 Å². The fraction of sp³-hybridized carbons (Fsp3) is 0.533. The first-order chi connectivity index (χ1) is 10.7. The van der Waals surface area contributed by atoms with Crippen LogP contribution in [0.5, 0.6) is 0 Å². The van der Waals surface area contributed by atoms with E-state index in [1.54, 1.807) is 23.1 Å². The van der Waals surface area contributed by atoms with Gasteiger partial charge in [-0.05, 0) is 18.9 Å². The van der Waals surface area contributed by atoms with Gasteiger partial charge in [0.2, 0.25) is 5.91 Å². The van der Waals surface area contributed by atoms with Crippen LogP contribution in [0.15, 0.2) is 24.3 Å². The molecular formula is C15H19N3O4. The minimum absolute atomic E-state index is 0.0546. The minimum atomic E-state index is -0.385. The normalized spacial score (nSPS) is 21.9. The molecule has 0 aliphatic carbocycles. The number of benzene rings is 1. The van der Waals surface area contributed by atoms with Gasteiger partial charge < -0.3 is 14.5 Å². The number of hydrogen-bond donors (Lipinski definition) is 0. The number of hydrogen-bond acceptors (Lipinski definition) is 5. The van der Waals surface area contributed by atoms with Crippen LogP contribution >= 0.6 is 0 Å². The second-order valence-corrected chi connectivity index (χ2v) is 5.53. The predicted octanol–water partition coefficient (Wildman–Crippen LogP) is 1.42. The smallest absolute Gasteiger partial charge is 0.292 e. The first-order valence-corrected chi connectivity index (χ1v) is 7.55. The molecule has 2 heterocycles. The standard InChI is InChI=1S/C15H19N3O4/c19-15(16-8-10-22-11-9-16)14-6-3-7-17(14)12-4-1-2-5-13(12)18(20)21/h1-2,4-5,14H,3,6-11H2/t14-/m1/s1. The van der Waals surface area contributed by atoms with Crippen LogP contribution in [0.2, 0.25) is 0 Å². The molecular weight excluding hydrogens is 286 g/mol. The summed E-state index contributed by atoms with van der Waals surface area (Å²) >= 11 is 0. The van der Waals surface area contributed by atoms with Crippen LogP contribution < -0.4 is 4.90 Å². The van der Waals surface area contributed by atoms with Gasteiger partial charge in [0.05, 0.1) is 18.1 Å². The minimum Gasteiger partial charge on any atom is -0.378 e. The number of nitro groups is 1. The van der Waals surface area contributed by atoms with Gasteiger partial charge in [0.25, 0.3) is 5.69 Å². The lowest BCUT2D eigenvalue weighted by Gasteiger charge is -2.33. The Balaban J connectivity index is 1.84. The molecule has 0 bridgehead atoms. The van der Waals surface area contributed by atoms with E-state index in [4.69, 9.17) is 4.74 Å². The van der Waals surface area contributed by atoms with Gasteiger partial charge in [0.1, 0.15) is 11.7 Å². The maximum Gasteiger partial charge on any atom is 0.292 e. The lowest BCUT2D eigenvalue weighted by Crippen LogP contribution is -2.49. The molecule has 2 saturated heterocycles. The summed E-state index contributed by atoms with van der Waals surface area (Å²) in [7, 11) is 0. The SMILES string of the molecule is O=C([C@H]1CCCN1c1ccccc1[N+](=O)[O-])N1CCOCC1. The Morgan fingerprint density at radius 1 is 1.23 bits per heavy atom. The monoisotopic (exact) mass is 305 g/mol. The summed E-state index contributed by atoms with van der Waals surface area (Å²) < 4.78 is 5.28. The Morgan fingerprint density at radius 3 is 2.68 bits per heavy atom. The number of anilines is 1. The van der Waals surface area contributed by atoms with Gasteiger partial charge in [-0.25, -0.2) is 0 Å². The molecule has 2 aliphatic heterocycles. The molecule has 118 valence electrons. The highest BCUT2D eigenvalue weighted by atomic mass is 16.6. The van der Waals surface area contributed by atoms with Gasteiger partial charge in [0, 0.05) is 25.7 Å². The number of nitrogens with zero attached hydrogens (tertiary/aromatic N) is 3. The molecule has 1 aromatic rings. The fourth-order valence-corrected chi connectivity index (χ4v) is 3.17. The molecule has 1 aromatic carbocycles. The molecule has 0 unspecified atom stereocenters. The third-order valence-corrected chi connectivity index (χ3v) is 4.25. The molecule has 0 saturated carbocycles. The van der Waals surface area contributed by atoms with Gasteiger partial charge >= 0.3 is 0 Å². The van der Waals surface area contributed by atoms with E-state index in [2.05, 4.69) is 0 Å². The van der Waals surface area contributed by atoms with E-state index in [0.717, 1.165) is 12.8 Å². The second-order valence-electron chi connectivity index (χ2n) is 5.53. The second kappa shape index (κ2) is 6.31. The molecule has 0 aromatic heterocycles. The molecule has 2 fully saturated rings. The zero-order chi connectivity index (χ0) is 15.5. The van der Waals surface area contributed by atoms with Crippen molar-refractivity contribution in [1.82, 2.24) is 4.90 Å². The van der Waals surface area contributed by atoms with E-state index in [1.807, 2.05) is 4.90 Å². The Hall–Kier alpha value is -2.15. The summed E-state index contributed by atoms with van der Waals surface area (Å²) in [4.78, 5) is 27.3. The first kappa shape index (κ1) is 14.8. The van der Waals surface area contributed by atoms with Crippen LogP contribution in [0.1, 0.15) is 12.8 Å². The third kappa shape index (κ3) is 2.76. The van der Waals surface area contributed by atoms with Crippen molar-refractivity contribution in [1.29, 1.82) is 0 Å². The Bertz CT molecular complexity index is 572. The summed E-state index contributed by atoms with van der Waals surface area (Å²) in [6, 6.07) is 6.33. The number of nitro benzene ring substituents is 1. The summed E-state index contributed by atoms with van der Waals surface area (Å²) in [6.45, 7) is 2.99. The van der Waals surface area contributed by atoms with Gasteiger partial charge in [-0.15, -0.1) is 0 Å². The van der Waals surface area contributed by atoms with Gasteiger partial charge in [0.15, 0.2) is 0 Å². The number of amides is 1. The zero-order valence-corrected chi connectivity index (χ0v) is 12.3. The molecule has 7 nitrogen and oxygen atoms in total. The van der Waals surface area contributed by atoms with E-state index in [0.29, 0.717) is 38.5 Å². The average molecular weight is 305 g/mol. The molecule has 0 N–H and O–H groups in total. The number of carbonyl (C=O) groups is 1. The number of carbonyl (C=O) groups excluding carboxylic acids is 1. The quantitative estimate of drug-likeness (QED) is 0.623. The molecule has 3 rings (SSSR count). The molecule has 22 heavy (non-hydrogen) atoms. The molecule has 2 aliphatic rings. The molecule has 7 heteroatoms. The van der Waals surface area contributed by atoms with Gasteiger partial charge in [-0.3, -0.25) is 14.9 Å². The van der Waals surface area contributed by atoms with Crippen molar-refractivity contribution >= 4 is 17.3 Å². The molecule has 1 atom stereocenters. The lowest BCUT2D eigenvalue weighted by atomic mass is 10.1. The maximum atomic E-state index is 12.7. The summed E-state index contributed by atoms with van der Waals surface area (Å²) in [5.41, 5.74) is 0.598. The van der Waals surface area contributed by atoms with E-state index < -0.39 is 0 Å². The van der Waals surface area contributed by atoms with Crippen molar-refractivity contribution in [2.75, 3.05) is 37.7 Å². The summed E-state index contributed by atoms with van der Waals surface area (Å²) in [5.74, 6) is 0.0546. The predicted molar refractivity (Wildman–Crippen MR) is 80.9 cm³/mol. The number of para-hydroxylation sites is 2. The highest BCUT2D eigenvalue weighted by Gasteiger charge is 2.36. The highest BCUT2D eigenvalue weighted by Crippen LogP contribution is 2.33. The van der Waals surface area contributed by atoms with E-state index >= 15 is 0 Å². The van der Waals surface area contributed by atoms with Gasteiger partial charge in [-0.2, -0.15) is 0 Å². The van der Waals surface area contributed by atoms with Crippen molar-refractivity contribution in [3.8, 4) is 0 Å². The Kier molecular flexibility index (Phi) is 4.24. The topological polar surface area (TPSA) is 75.9 Å². The van der Waals surface area contributed by atoms with Crippen molar-refractivity contribution in [2.24, 2.45) is 0 Å². The number of rotatable bonds is 3. The Morgan fingerprint density at radius 2 is 1.95 bits per heavy atom. The van der Waals surface area contributed by atoms with Crippen molar-refractivity contribution in [3.05, 3.63) is 34.4 Å². The zero-order valence-electron chi connectivity index (χ0n) is 12.3. The molecule has 0 spiro atoms. The highest BCUT2D eigenvalue weighted by molar-refractivity contribution is 5.87. The number of ether oxygens (including phenoxy) is 1. The number of morpholine rings is 1.